The molecule has 3 amide bonds. The maximum absolute atomic E-state index is 12.0. The van der Waals surface area contributed by atoms with Crippen LogP contribution in [-0.2, 0) is 4.79 Å². The predicted octanol–water partition coefficient (Wildman–Crippen LogP) is 2.34. The molecule has 0 bridgehead atoms. The van der Waals surface area contributed by atoms with Crippen molar-refractivity contribution in [3.8, 4) is 0 Å². The molecule has 0 unspecified atom stereocenters. The fourth-order valence-corrected chi connectivity index (χ4v) is 2.87. The monoisotopic (exact) mass is 273 g/mol. The molecule has 5 heteroatoms. The summed E-state index contributed by atoms with van der Waals surface area (Å²) in [4.78, 5) is 25.3. The van der Waals surface area contributed by atoms with E-state index in [2.05, 4.69) is 10.6 Å². The summed E-state index contributed by atoms with van der Waals surface area (Å²) in [5.74, 6) is 0.285. The van der Waals surface area contributed by atoms with Crippen molar-refractivity contribution in [1.82, 2.24) is 5.32 Å². The van der Waals surface area contributed by atoms with E-state index in [1.807, 2.05) is 24.3 Å². The summed E-state index contributed by atoms with van der Waals surface area (Å²) in [6.45, 7) is 1.37. The largest absolute Gasteiger partial charge is 0.336 e. The van der Waals surface area contributed by atoms with Crippen molar-refractivity contribution in [2.24, 2.45) is 5.92 Å². The van der Waals surface area contributed by atoms with Gasteiger partial charge in [-0.1, -0.05) is 12.8 Å². The Morgan fingerprint density at radius 3 is 2.50 bits per heavy atom. The van der Waals surface area contributed by atoms with Gasteiger partial charge in [-0.2, -0.15) is 0 Å². The minimum absolute atomic E-state index is 0.0623. The van der Waals surface area contributed by atoms with Gasteiger partial charge in [0.25, 0.3) is 0 Å². The Hall–Kier alpha value is -2.04. The Morgan fingerprint density at radius 1 is 1.20 bits per heavy atom. The molecule has 0 aromatic heterocycles. The van der Waals surface area contributed by atoms with Gasteiger partial charge in [-0.25, -0.2) is 4.79 Å². The third-order valence-electron chi connectivity index (χ3n) is 4.03. The summed E-state index contributed by atoms with van der Waals surface area (Å²) in [7, 11) is 0. The first-order valence-electron chi connectivity index (χ1n) is 7.20. The van der Waals surface area contributed by atoms with Crippen molar-refractivity contribution in [3.05, 3.63) is 24.3 Å². The number of hydrogen-bond donors (Lipinski definition) is 2. The van der Waals surface area contributed by atoms with Gasteiger partial charge in [-0.3, -0.25) is 9.69 Å². The van der Waals surface area contributed by atoms with E-state index in [9.17, 15) is 9.59 Å². The number of carbonyl (C=O) groups excluding carboxylic acids is 2. The van der Waals surface area contributed by atoms with Crippen LogP contribution in [0.25, 0.3) is 0 Å². The van der Waals surface area contributed by atoms with E-state index in [4.69, 9.17) is 0 Å². The molecule has 20 heavy (non-hydrogen) atoms. The molecule has 5 nitrogen and oxygen atoms in total. The number of rotatable bonds is 3. The highest BCUT2D eigenvalue weighted by atomic mass is 16.2. The summed E-state index contributed by atoms with van der Waals surface area (Å²) in [5, 5.41) is 5.72. The Kier molecular flexibility index (Phi) is 3.58. The lowest BCUT2D eigenvalue weighted by atomic mass is 10.1. The number of benzene rings is 1. The van der Waals surface area contributed by atoms with Crippen LogP contribution in [0.5, 0.6) is 0 Å². The second kappa shape index (κ2) is 5.53. The molecule has 2 N–H and O–H groups in total. The van der Waals surface area contributed by atoms with Crippen molar-refractivity contribution < 1.29 is 9.59 Å². The lowest BCUT2D eigenvalue weighted by Crippen LogP contribution is -2.27. The summed E-state index contributed by atoms with van der Waals surface area (Å²) < 4.78 is 0. The summed E-state index contributed by atoms with van der Waals surface area (Å²) in [5.41, 5.74) is 1.66. The standard InChI is InChI=1S/C15H19N3O2/c19-14(11-3-1-2-4-11)17-12-5-7-13(8-6-12)18-10-9-16-15(18)20/h5-8,11H,1-4,9-10H2,(H,16,20)(H,17,19). The summed E-state index contributed by atoms with van der Waals surface area (Å²) in [6, 6.07) is 7.39. The highest BCUT2D eigenvalue weighted by Crippen LogP contribution is 2.26. The predicted molar refractivity (Wildman–Crippen MR) is 77.8 cm³/mol. The van der Waals surface area contributed by atoms with Crippen LogP contribution in [0.15, 0.2) is 24.3 Å². The first-order chi connectivity index (χ1) is 9.74. The van der Waals surface area contributed by atoms with Crippen LogP contribution in [-0.4, -0.2) is 25.0 Å². The van der Waals surface area contributed by atoms with Crippen LogP contribution in [0.4, 0.5) is 16.2 Å². The lowest BCUT2D eigenvalue weighted by molar-refractivity contribution is -0.119. The molecule has 106 valence electrons. The van der Waals surface area contributed by atoms with Crippen molar-refractivity contribution in [2.75, 3.05) is 23.3 Å². The second-order valence-electron chi connectivity index (χ2n) is 5.40. The average molecular weight is 273 g/mol. The van der Waals surface area contributed by atoms with Crippen molar-refractivity contribution in [3.63, 3.8) is 0 Å². The molecule has 1 heterocycles. The Labute approximate surface area is 118 Å². The molecule has 1 aliphatic carbocycles. The fraction of sp³-hybridized carbons (Fsp3) is 0.467. The van der Waals surface area contributed by atoms with Gasteiger partial charge in [0.2, 0.25) is 5.91 Å². The number of hydrogen-bond acceptors (Lipinski definition) is 2. The highest BCUT2D eigenvalue weighted by Gasteiger charge is 2.23. The third-order valence-corrected chi connectivity index (χ3v) is 4.03. The van der Waals surface area contributed by atoms with Gasteiger partial charge in [0.05, 0.1) is 0 Å². The summed E-state index contributed by atoms with van der Waals surface area (Å²) in [6.07, 6.45) is 4.30. The Balaban J connectivity index is 1.63. The van der Waals surface area contributed by atoms with Gasteiger partial charge in [-0.15, -0.1) is 0 Å². The molecule has 1 aliphatic heterocycles. The number of amides is 3. The van der Waals surface area contributed by atoms with E-state index in [1.165, 1.54) is 0 Å². The normalized spacial score (nSPS) is 19.2. The fourth-order valence-electron chi connectivity index (χ4n) is 2.87. The number of nitrogens with one attached hydrogen (secondary N) is 2. The van der Waals surface area contributed by atoms with Gasteiger partial charge in [0.1, 0.15) is 0 Å². The van der Waals surface area contributed by atoms with Gasteiger partial charge in [0, 0.05) is 30.4 Å². The Morgan fingerprint density at radius 2 is 1.90 bits per heavy atom. The number of nitrogens with zero attached hydrogens (tertiary/aromatic N) is 1. The van der Waals surface area contributed by atoms with Crippen LogP contribution in [0.3, 0.4) is 0 Å². The van der Waals surface area contributed by atoms with Crippen LogP contribution in [0.1, 0.15) is 25.7 Å². The number of carbonyl (C=O) groups is 2. The maximum atomic E-state index is 12.0. The molecule has 1 saturated carbocycles. The van der Waals surface area contributed by atoms with Crippen LogP contribution in [0.2, 0.25) is 0 Å². The van der Waals surface area contributed by atoms with Crippen LogP contribution < -0.4 is 15.5 Å². The van der Waals surface area contributed by atoms with Crippen molar-refractivity contribution in [1.29, 1.82) is 0 Å². The molecule has 3 rings (SSSR count). The molecule has 2 aliphatic rings. The smallest absolute Gasteiger partial charge is 0.321 e. The van der Waals surface area contributed by atoms with Gasteiger partial charge >= 0.3 is 6.03 Å². The number of urea groups is 1. The molecule has 0 radical (unpaired) electrons. The van der Waals surface area contributed by atoms with Gasteiger partial charge < -0.3 is 10.6 Å². The van der Waals surface area contributed by atoms with Crippen LogP contribution in [0, 0.1) is 5.92 Å². The molecule has 1 aromatic carbocycles. The molecular formula is C15H19N3O2. The third kappa shape index (κ3) is 2.61. The van der Waals surface area contributed by atoms with E-state index in [0.29, 0.717) is 13.1 Å². The first-order valence-corrected chi connectivity index (χ1v) is 7.20. The molecule has 2 fully saturated rings. The van der Waals surface area contributed by atoms with E-state index in [1.54, 1.807) is 4.90 Å². The SMILES string of the molecule is O=C(Nc1ccc(N2CCNC2=O)cc1)C1CCCC1. The zero-order valence-electron chi connectivity index (χ0n) is 11.4. The molecule has 0 spiro atoms. The van der Waals surface area contributed by atoms with E-state index < -0.39 is 0 Å². The minimum Gasteiger partial charge on any atom is -0.336 e. The van der Waals surface area contributed by atoms with E-state index >= 15 is 0 Å². The van der Waals surface area contributed by atoms with E-state index in [-0.39, 0.29) is 17.9 Å². The summed E-state index contributed by atoms with van der Waals surface area (Å²) >= 11 is 0. The lowest BCUT2D eigenvalue weighted by Gasteiger charge is -2.15. The second-order valence-corrected chi connectivity index (χ2v) is 5.40. The minimum atomic E-state index is -0.0623. The Bertz CT molecular complexity index is 506. The maximum Gasteiger partial charge on any atom is 0.321 e. The highest BCUT2D eigenvalue weighted by molar-refractivity contribution is 5.95. The van der Waals surface area contributed by atoms with E-state index in [0.717, 1.165) is 37.1 Å². The first kappa shape index (κ1) is 13.0. The molecule has 1 saturated heterocycles. The molecule has 0 atom stereocenters. The molecular weight excluding hydrogens is 254 g/mol. The topological polar surface area (TPSA) is 61.4 Å². The molecule has 1 aromatic rings. The average Bonchev–Trinajstić information content (AvgIpc) is 3.11. The van der Waals surface area contributed by atoms with Gasteiger partial charge in [0.15, 0.2) is 0 Å². The van der Waals surface area contributed by atoms with Gasteiger partial charge in [-0.05, 0) is 37.1 Å². The van der Waals surface area contributed by atoms with Crippen LogP contribution >= 0.6 is 0 Å². The van der Waals surface area contributed by atoms with Crippen molar-refractivity contribution in [2.45, 2.75) is 25.7 Å². The number of anilines is 2. The zero-order valence-corrected chi connectivity index (χ0v) is 11.4. The van der Waals surface area contributed by atoms with Crippen molar-refractivity contribution >= 4 is 23.3 Å². The zero-order chi connectivity index (χ0) is 13.9. The quantitative estimate of drug-likeness (QED) is 0.888.